The summed E-state index contributed by atoms with van der Waals surface area (Å²) >= 11 is 1.26. The van der Waals surface area contributed by atoms with E-state index in [1.807, 2.05) is 36.4 Å². The predicted molar refractivity (Wildman–Crippen MR) is 68.0 cm³/mol. The van der Waals surface area contributed by atoms with Crippen molar-refractivity contribution in [3.05, 3.63) is 41.3 Å². The second-order valence-electron chi connectivity index (χ2n) is 4.19. The molecule has 0 saturated heterocycles. The van der Waals surface area contributed by atoms with E-state index in [4.69, 9.17) is 0 Å². The van der Waals surface area contributed by atoms with Gasteiger partial charge in [0.25, 0.3) is 5.91 Å². The van der Waals surface area contributed by atoms with Crippen LogP contribution in [-0.4, -0.2) is 16.3 Å². The zero-order valence-corrected chi connectivity index (χ0v) is 10.0. The number of rotatable bonds is 3. The molecule has 1 amide bonds. The van der Waals surface area contributed by atoms with Gasteiger partial charge in [-0.2, -0.15) is 4.37 Å². The van der Waals surface area contributed by atoms with E-state index < -0.39 is 0 Å². The topological polar surface area (TPSA) is 42.0 Å². The minimum absolute atomic E-state index is 0.00665. The highest BCUT2D eigenvalue weighted by molar-refractivity contribution is 7.08. The van der Waals surface area contributed by atoms with Crippen molar-refractivity contribution in [3.63, 3.8) is 0 Å². The minimum Gasteiger partial charge on any atom is -0.349 e. The molecule has 3 rings (SSSR count). The van der Waals surface area contributed by atoms with Crippen LogP contribution in [-0.2, 0) is 0 Å². The quantitative estimate of drug-likeness (QED) is 0.902. The van der Waals surface area contributed by atoms with E-state index in [9.17, 15) is 4.79 Å². The van der Waals surface area contributed by atoms with Crippen LogP contribution in [0.4, 0.5) is 0 Å². The maximum atomic E-state index is 11.8. The first-order chi connectivity index (χ1) is 8.33. The standard InChI is InChI=1S/C13H12N2OS/c16-13(14-10-6-7-10)12-8-11(15-17-12)9-4-2-1-3-5-9/h1-5,8,10H,6-7H2,(H,14,16). The molecule has 2 aromatic rings. The molecule has 0 spiro atoms. The normalized spacial score (nSPS) is 14.6. The zero-order valence-electron chi connectivity index (χ0n) is 9.22. The predicted octanol–water partition coefficient (Wildman–Crippen LogP) is 2.70. The summed E-state index contributed by atoms with van der Waals surface area (Å²) in [4.78, 5) is 12.5. The van der Waals surface area contributed by atoms with Crippen LogP contribution in [0.2, 0.25) is 0 Å². The third kappa shape index (κ3) is 2.36. The molecule has 4 heteroatoms. The maximum Gasteiger partial charge on any atom is 0.263 e. The summed E-state index contributed by atoms with van der Waals surface area (Å²) in [6, 6.07) is 12.2. The largest absolute Gasteiger partial charge is 0.349 e. The first-order valence-corrected chi connectivity index (χ1v) is 6.43. The van der Waals surface area contributed by atoms with Gasteiger partial charge in [-0.25, -0.2) is 0 Å². The van der Waals surface area contributed by atoms with Crippen molar-refractivity contribution < 1.29 is 4.79 Å². The molecule has 0 unspecified atom stereocenters. The van der Waals surface area contributed by atoms with Crippen molar-refractivity contribution >= 4 is 17.4 Å². The second-order valence-corrected chi connectivity index (χ2v) is 5.00. The lowest BCUT2D eigenvalue weighted by Gasteiger charge is -1.98. The summed E-state index contributed by atoms with van der Waals surface area (Å²) in [5.74, 6) is 0.00665. The Morgan fingerprint density at radius 3 is 2.76 bits per heavy atom. The van der Waals surface area contributed by atoms with Crippen LogP contribution < -0.4 is 5.32 Å². The molecule has 1 saturated carbocycles. The molecule has 1 N–H and O–H groups in total. The Morgan fingerprint density at radius 1 is 1.29 bits per heavy atom. The van der Waals surface area contributed by atoms with Crippen molar-refractivity contribution in [2.24, 2.45) is 0 Å². The molecule has 1 aliphatic rings. The van der Waals surface area contributed by atoms with Crippen molar-refractivity contribution in [1.82, 2.24) is 9.69 Å². The molecule has 1 fully saturated rings. The highest BCUT2D eigenvalue weighted by Gasteiger charge is 2.24. The Labute approximate surface area is 104 Å². The average molecular weight is 244 g/mol. The van der Waals surface area contributed by atoms with Gasteiger partial charge in [0.2, 0.25) is 0 Å². The highest BCUT2D eigenvalue weighted by atomic mass is 32.1. The molecule has 0 bridgehead atoms. The number of nitrogens with one attached hydrogen (secondary N) is 1. The van der Waals surface area contributed by atoms with Gasteiger partial charge in [-0.1, -0.05) is 30.3 Å². The summed E-state index contributed by atoms with van der Waals surface area (Å²) < 4.78 is 4.32. The van der Waals surface area contributed by atoms with Crippen molar-refractivity contribution in [1.29, 1.82) is 0 Å². The lowest BCUT2D eigenvalue weighted by atomic mass is 10.1. The van der Waals surface area contributed by atoms with Crippen LogP contribution in [0.3, 0.4) is 0 Å². The zero-order chi connectivity index (χ0) is 11.7. The van der Waals surface area contributed by atoms with Gasteiger partial charge in [0, 0.05) is 11.6 Å². The lowest BCUT2D eigenvalue weighted by molar-refractivity contribution is 0.0955. The molecule has 1 aliphatic carbocycles. The van der Waals surface area contributed by atoms with Gasteiger partial charge in [0.1, 0.15) is 4.88 Å². The highest BCUT2D eigenvalue weighted by Crippen LogP contribution is 2.23. The summed E-state index contributed by atoms with van der Waals surface area (Å²) in [6.07, 6.45) is 2.21. The minimum atomic E-state index is 0.00665. The van der Waals surface area contributed by atoms with Crippen LogP contribution >= 0.6 is 11.5 Å². The molecular weight excluding hydrogens is 232 g/mol. The summed E-state index contributed by atoms with van der Waals surface area (Å²) in [7, 11) is 0. The Kier molecular flexibility index (Phi) is 2.65. The van der Waals surface area contributed by atoms with Crippen molar-refractivity contribution in [2.75, 3.05) is 0 Å². The molecule has 0 radical (unpaired) electrons. The number of hydrogen-bond acceptors (Lipinski definition) is 3. The fraction of sp³-hybridized carbons (Fsp3) is 0.231. The number of amides is 1. The summed E-state index contributed by atoms with van der Waals surface area (Å²) in [5.41, 5.74) is 1.92. The smallest absolute Gasteiger partial charge is 0.263 e. The third-order valence-electron chi connectivity index (χ3n) is 2.72. The fourth-order valence-electron chi connectivity index (χ4n) is 1.61. The Morgan fingerprint density at radius 2 is 2.06 bits per heavy atom. The van der Waals surface area contributed by atoms with Crippen LogP contribution in [0.15, 0.2) is 36.4 Å². The van der Waals surface area contributed by atoms with E-state index in [-0.39, 0.29) is 5.91 Å². The van der Waals surface area contributed by atoms with Gasteiger partial charge in [0.15, 0.2) is 0 Å². The number of aromatic nitrogens is 1. The van der Waals surface area contributed by atoms with Crippen LogP contribution in [0.25, 0.3) is 11.3 Å². The average Bonchev–Trinajstić information content (AvgIpc) is 3.04. The van der Waals surface area contributed by atoms with Crippen molar-refractivity contribution in [2.45, 2.75) is 18.9 Å². The Balaban J connectivity index is 1.80. The molecule has 0 atom stereocenters. The van der Waals surface area contributed by atoms with E-state index in [1.54, 1.807) is 0 Å². The van der Waals surface area contributed by atoms with Gasteiger partial charge in [-0.05, 0) is 30.4 Å². The van der Waals surface area contributed by atoms with Gasteiger partial charge >= 0.3 is 0 Å². The first-order valence-electron chi connectivity index (χ1n) is 5.66. The molecule has 17 heavy (non-hydrogen) atoms. The Hall–Kier alpha value is -1.68. The molecule has 1 aromatic carbocycles. The molecular formula is C13H12N2OS. The number of hydrogen-bond donors (Lipinski definition) is 1. The maximum absolute atomic E-state index is 11.8. The van der Waals surface area contributed by atoms with E-state index in [1.165, 1.54) is 11.5 Å². The van der Waals surface area contributed by atoms with Crippen molar-refractivity contribution in [3.8, 4) is 11.3 Å². The van der Waals surface area contributed by atoms with E-state index >= 15 is 0 Å². The number of carbonyl (C=O) groups is 1. The number of carbonyl (C=O) groups excluding carboxylic acids is 1. The molecule has 1 aromatic heterocycles. The lowest BCUT2D eigenvalue weighted by Crippen LogP contribution is -2.24. The molecule has 86 valence electrons. The van der Waals surface area contributed by atoms with Crippen LogP contribution in [0.5, 0.6) is 0 Å². The van der Waals surface area contributed by atoms with Gasteiger partial charge in [-0.15, -0.1) is 0 Å². The van der Waals surface area contributed by atoms with E-state index in [2.05, 4.69) is 9.69 Å². The SMILES string of the molecule is O=C(NC1CC1)c1cc(-c2ccccc2)ns1. The monoisotopic (exact) mass is 244 g/mol. The van der Waals surface area contributed by atoms with E-state index in [0.717, 1.165) is 24.1 Å². The number of benzene rings is 1. The summed E-state index contributed by atoms with van der Waals surface area (Å²) in [5, 5.41) is 2.97. The molecule has 0 aliphatic heterocycles. The van der Waals surface area contributed by atoms with E-state index in [0.29, 0.717) is 10.9 Å². The molecule has 3 nitrogen and oxygen atoms in total. The van der Waals surface area contributed by atoms with Gasteiger partial charge in [-0.3, -0.25) is 4.79 Å². The molecule has 1 heterocycles. The number of nitrogens with zero attached hydrogens (tertiary/aromatic N) is 1. The Bertz CT molecular complexity index is 531. The first kappa shape index (κ1) is 10.5. The van der Waals surface area contributed by atoms with Gasteiger partial charge < -0.3 is 5.32 Å². The van der Waals surface area contributed by atoms with Gasteiger partial charge in [0.05, 0.1) is 5.69 Å². The van der Waals surface area contributed by atoms with Crippen LogP contribution in [0, 0.1) is 0 Å². The van der Waals surface area contributed by atoms with Crippen LogP contribution in [0.1, 0.15) is 22.5 Å². The second kappa shape index (κ2) is 4.30. The fourth-order valence-corrected chi connectivity index (χ4v) is 2.27. The summed E-state index contributed by atoms with van der Waals surface area (Å²) in [6.45, 7) is 0. The third-order valence-corrected chi connectivity index (χ3v) is 3.50.